The molecule has 4 heteroatoms. The third-order valence-electron chi connectivity index (χ3n) is 2.48. The molecule has 0 radical (unpaired) electrons. The highest BCUT2D eigenvalue weighted by molar-refractivity contribution is 9.10. The Bertz CT molecular complexity index is 363. The number of ether oxygens (including phenoxy) is 1. The molecule has 0 spiro atoms. The van der Waals surface area contributed by atoms with Crippen molar-refractivity contribution in [2.75, 3.05) is 19.8 Å². The Hall–Kier alpha value is -0.870. The van der Waals surface area contributed by atoms with Crippen LogP contribution in [0, 0.1) is 5.92 Å². The Morgan fingerprint density at radius 2 is 1.94 bits per heavy atom. The van der Waals surface area contributed by atoms with Gasteiger partial charge in [-0.3, -0.25) is 4.79 Å². The molecule has 1 aromatic carbocycles. The largest absolute Gasteiger partial charge is 0.380 e. The highest BCUT2D eigenvalue weighted by Gasteiger charge is 2.03. The van der Waals surface area contributed by atoms with Crippen LogP contribution in [0.5, 0.6) is 0 Å². The first kappa shape index (κ1) is 15.2. The molecule has 0 fully saturated rings. The number of hydrogen-bond donors (Lipinski definition) is 1. The summed E-state index contributed by atoms with van der Waals surface area (Å²) >= 11 is 3.34. The van der Waals surface area contributed by atoms with Gasteiger partial charge in [0.25, 0.3) is 5.91 Å². The molecule has 0 saturated carbocycles. The summed E-state index contributed by atoms with van der Waals surface area (Å²) in [6.07, 6.45) is 1.06. The number of carbonyl (C=O) groups is 1. The molecule has 3 nitrogen and oxygen atoms in total. The minimum atomic E-state index is -0.0602. The molecule has 0 aromatic heterocycles. The predicted molar refractivity (Wildman–Crippen MR) is 76.7 cm³/mol. The van der Waals surface area contributed by atoms with E-state index in [2.05, 4.69) is 35.1 Å². The molecule has 1 amide bonds. The van der Waals surface area contributed by atoms with Gasteiger partial charge in [0.15, 0.2) is 0 Å². The Kier molecular flexibility index (Phi) is 6.98. The van der Waals surface area contributed by atoms with Crippen molar-refractivity contribution in [3.05, 3.63) is 34.3 Å². The van der Waals surface area contributed by atoms with Gasteiger partial charge in [-0.2, -0.15) is 0 Å². The van der Waals surface area contributed by atoms with E-state index in [0.29, 0.717) is 24.6 Å². The zero-order valence-electron chi connectivity index (χ0n) is 10.9. The normalized spacial score (nSPS) is 10.7. The van der Waals surface area contributed by atoms with E-state index >= 15 is 0 Å². The smallest absolute Gasteiger partial charge is 0.251 e. The van der Waals surface area contributed by atoms with Crippen LogP contribution in [0.3, 0.4) is 0 Å². The van der Waals surface area contributed by atoms with Crippen LogP contribution >= 0.6 is 15.9 Å². The first-order valence-electron chi connectivity index (χ1n) is 6.21. The van der Waals surface area contributed by atoms with Gasteiger partial charge in [-0.05, 0) is 36.6 Å². The average molecular weight is 314 g/mol. The van der Waals surface area contributed by atoms with Gasteiger partial charge in [0, 0.05) is 23.2 Å². The molecule has 1 N–H and O–H groups in total. The molecule has 0 bridgehead atoms. The van der Waals surface area contributed by atoms with Crippen molar-refractivity contribution in [3.63, 3.8) is 0 Å². The third kappa shape index (κ3) is 6.17. The van der Waals surface area contributed by atoms with E-state index in [9.17, 15) is 4.79 Å². The SMILES string of the molecule is CC(C)CCOCCNC(=O)c1ccc(Br)cc1. The lowest BCUT2D eigenvalue weighted by molar-refractivity contribution is 0.0906. The number of nitrogens with one attached hydrogen (secondary N) is 1. The minimum absolute atomic E-state index is 0.0602. The van der Waals surface area contributed by atoms with Crippen molar-refractivity contribution in [2.24, 2.45) is 5.92 Å². The van der Waals surface area contributed by atoms with Gasteiger partial charge in [0.2, 0.25) is 0 Å². The van der Waals surface area contributed by atoms with Crippen molar-refractivity contribution in [2.45, 2.75) is 20.3 Å². The molecule has 0 aliphatic carbocycles. The Labute approximate surface area is 117 Å². The lowest BCUT2D eigenvalue weighted by atomic mass is 10.1. The fraction of sp³-hybridized carbons (Fsp3) is 0.500. The van der Waals surface area contributed by atoms with Gasteiger partial charge in [-0.15, -0.1) is 0 Å². The second kappa shape index (κ2) is 8.27. The van der Waals surface area contributed by atoms with Gasteiger partial charge in [0.05, 0.1) is 6.61 Å². The molecular formula is C14H20BrNO2. The molecule has 0 aliphatic rings. The van der Waals surface area contributed by atoms with Crippen molar-refractivity contribution < 1.29 is 9.53 Å². The van der Waals surface area contributed by atoms with Crippen molar-refractivity contribution in [3.8, 4) is 0 Å². The van der Waals surface area contributed by atoms with Crippen LogP contribution in [0.15, 0.2) is 28.7 Å². The fourth-order valence-corrected chi connectivity index (χ4v) is 1.63. The van der Waals surface area contributed by atoms with Gasteiger partial charge < -0.3 is 10.1 Å². The maximum absolute atomic E-state index is 11.7. The lowest BCUT2D eigenvalue weighted by Gasteiger charge is -2.08. The fourth-order valence-electron chi connectivity index (χ4n) is 1.36. The number of amides is 1. The molecule has 100 valence electrons. The van der Waals surface area contributed by atoms with E-state index in [-0.39, 0.29) is 5.91 Å². The second-order valence-electron chi connectivity index (χ2n) is 4.56. The summed E-state index contributed by atoms with van der Waals surface area (Å²) in [4.78, 5) is 11.7. The summed E-state index contributed by atoms with van der Waals surface area (Å²) in [7, 11) is 0. The first-order valence-corrected chi connectivity index (χ1v) is 7.00. The highest BCUT2D eigenvalue weighted by atomic mass is 79.9. The molecular weight excluding hydrogens is 294 g/mol. The number of carbonyl (C=O) groups excluding carboxylic acids is 1. The molecule has 0 heterocycles. The topological polar surface area (TPSA) is 38.3 Å². The maximum atomic E-state index is 11.7. The van der Waals surface area contributed by atoms with Crippen molar-refractivity contribution >= 4 is 21.8 Å². The van der Waals surface area contributed by atoms with Crippen LogP contribution in [0.1, 0.15) is 30.6 Å². The molecule has 0 atom stereocenters. The number of halogens is 1. The van der Waals surface area contributed by atoms with E-state index in [4.69, 9.17) is 4.74 Å². The van der Waals surface area contributed by atoms with E-state index in [1.807, 2.05) is 12.1 Å². The maximum Gasteiger partial charge on any atom is 0.251 e. The van der Waals surface area contributed by atoms with E-state index in [1.54, 1.807) is 12.1 Å². The van der Waals surface area contributed by atoms with Crippen molar-refractivity contribution in [1.29, 1.82) is 0 Å². The van der Waals surface area contributed by atoms with Crippen LogP contribution in [0.25, 0.3) is 0 Å². The first-order chi connectivity index (χ1) is 8.59. The van der Waals surface area contributed by atoms with Crippen molar-refractivity contribution in [1.82, 2.24) is 5.32 Å². The molecule has 1 rings (SSSR count). The summed E-state index contributed by atoms with van der Waals surface area (Å²) in [5, 5.41) is 2.83. The Balaban J connectivity index is 2.16. The number of hydrogen-bond acceptors (Lipinski definition) is 2. The van der Waals surface area contributed by atoms with E-state index in [1.165, 1.54) is 0 Å². The van der Waals surface area contributed by atoms with Gasteiger partial charge in [-0.25, -0.2) is 0 Å². The molecule has 1 aromatic rings. The summed E-state index contributed by atoms with van der Waals surface area (Å²) in [6.45, 7) is 6.20. The minimum Gasteiger partial charge on any atom is -0.380 e. The van der Waals surface area contributed by atoms with Crippen LogP contribution in [-0.4, -0.2) is 25.7 Å². The predicted octanol–water partition coefficient (Wildman–Crippen LogP) is 3.24. The molecule has 0 aliphatic heterocycles. The lowest BCUT2D eigenvalue weighted by Crippen LogP contribution is -2.27. The Morgan fingerprint density at radius 3 is 2.56 bits per heavy atom. The van der Waals surface area contributed by atoms with Gasteiger partial charge in [0.1, 0.15) is 0 Å². The summed E-state index contributed by atoms with van der Waals surface area (Å²) in [5.41, 5.74) is 0.667. The third-order valence-corrected chi connectivity index (χ3v) is 3.01. The van der Waals surface area contributed by atoms with E-state index in [0.717, 1.165) is 17.5 Å². The second-order valence-corrected chi connectivity index (χ2v) is 5.47. The van der Waals surface area contributed by atoms with Crippen LogP contribution in [0.2, 0.25) is 0 Å². The van der Waals surface area contributed by atoms with Crippen LogP contribution in [0.4, 0.5) is 0 Å². The Morgan fingerprint density at radius 1 is 1.28 bits per heavy atom. The zero-order valence-corrected chi connectivity index (χ0v) is 12.5. The summed E-state index contributed by atoms with van der Waals surface area (Å²) < 4.78 is 6.40. The zero-order chi connectivity index (χ0) is 13.4. The van der Waals surface area contributed by atoms with Crippen LogP contribution in [-0.2, 0) is 4.74 Å². The number of rotatable bonds is 7. The monoisotopic (exact) mass is 313 g/mol. The van der Waals surface area contributed by atoms with Gasteiger partial charge >= 0.3 is 0 Å². The molecule has 18 heavy (non-hydrogen) atoms. The van der Waals surface area contributed by atoms with Crippen LogP contribution < -0.4 is 5.32 Å². The number of benzene rings is 1. The standard InChI is InChI=1S/C14H20BrNO2/c1-11(2)7-9-18-10-8-16-14(17)12-3-5-13(15)6-4-12/h3-6,11H,7-10H2,1-2H3,(H,16,17). The molecule has 0 saturated heterocycles. The summed E-state index contributed by atoms with van der Waals surface area (Å²) in [6, 6.07) is 7.29. The van der Waals surface area contributed by atoms with Gasteiger partial charge in [-0.1, -0.05) is 29.8 Å². The van der Waals surface area contributed by atoms with E-state index < -0.39 is 0 Å². The highest BCUT2D eigenvalue weighted by Crippen LogP contribution is 2.10. The summed E-state index contributed by atoms with van der Waals surface area (Å²) in [5.74, 6) is 0.595. The average Bonchev–Trinajstić information content (AvgIpc) is 2.34. The molecule has 0 unspecified atom stereocenters. The quantitative estimate of drug-likeness (QED) is 0.785.